The molecule has 0 heterocycles. The molecule has 0 N–H and O–H groups in total. The molecule has 0 nitrogen and oxygen atoms in total. The minimum atomic E-state index is 0. The summed E-state index contributed by atoms with van der Waals surface area (Å²) in [6.07, 6.45) is 0. The zero-order chi connectivity index (χ0) is 0. The molecule has 0 bridgehead atoms. The van der Waals surface area contributed by atoms with Gasteiger partial charge in [-0.05, 0) is 0 Å². The first-order valence-electron chi connectivity index (χ1n) is 0. The molecule has 0 saturated heterocycles. The second-order valence-electron chi connectivity index (χ2n) is 0. The van der Waals surface area contributed by atoms with E-state index in [1.807, 2.05) is 0 Å². The second kappa shape index (κ2) is 23.2. The zero-order valence-corrected chi connectivity index (χ0v) is 7.04. The summed E-state index contributed by atoms with van der Waals surface area (Å²) in [7, 11) is 0. The Morgan fingerprint density at radius 3 is 0.400 bits per heavy atom. The molecule has 0 fully saturated rings. The van der Waals surface area contributed by atoms with E-state index in [2.05, 4.69) is 0 Å². The number of hydrogen-bond donors (Lipinski definition) is 0. The van der Waals surface area contributed by atoms with Gasteiger partial charge in [-0.1, -0.05) is 0 Å². The Balaban J connectivity index is 0. The molecule has 42 valence electrons. The van der Waals surface area contributed by atoms with Gasteiger partial charge in [0.05, 0.1) is 0 Å². The summed E-state index contributed by atoms with van der Waals surface area (Å²) < 4.78 is 0. The molecule has 0 rings (SSSR count). The maximum atomic E-state index is 0. The van der Waals surface area contributed by atoms with Crippen LogP contribution in [0.25, 0.3) is 0 Å². The minimum absolute atomic E-state index is 0. The molecule has 0 aliphatic rings. The number of hydrogen-bond acceptors (Lipinski definition) is 0. The third-order valence-corrected chi connectivity index (χ3v) is 0. The van der Waals surface area contributed by atoms with Gasteiger partial charge < -0.3 is 0 Å². The molecule has 0 unspecified atom stereocenters. The van der Waals surface area contributed by atoms with Gasteiger partial charge in [0.1, 0.15) is 0 Å². The molecule has 0 aliphatic carbocycles. The fraction of sp³-hybridized carbons (Fsp3) is 0. The van der Waals surface area contributed by atoms with Gasteiger partial charge in [-0.2, -0.15) is 0 Å². The van der Waals surface area contributed by atoms with Crippen molar-refractivity contribution in [3.63, 3.8) is 0 Å². The first-order chi connectivity index (χ1) is 0. The molecule has 0 aromatic heterocycles. The van der Waals surface area contributed by atoms with Crippen LogP contribution in [-0.2, 0) is 0 Å². The average Bonchev–Trinajstić information content (AvgIpc) is 0. The van der Waals surface area contributed by atoms with Crippen LogP contribution in [0.2, 0.25) is 0 Å². The van der Waals surface area contributed by atoms with Crippen LogP contribution >= 0.6 is 0 Å². The van der Waals surface area contributed by atoms with Crippen LogP contribution in [0.1, 0.15) is 0 Å². The van der Waals surface area contributed by atoms with Crippen LogP contribution in [-0.4, -0.2) is 34.7 Å². The minimum Gasteiger partial charge on any atom is 0 e. The van der Waals surface area contributed by atoms with Crippen molar-refractivity contribution in [2.24, 2.45) is 0 Å². The van der Waals surface area contributed by atoms with Gasteiger partial charge in [0, 0.05) is 115 Å². The first-order valence-corrected chi connectivity index (χ1v) is 0. The van der Waals surface area contributed by atoms with Gasteiger partial charge in [-0.3, -0.25) is 0 Å². The van der Waals surface area contributed by atoms with Crippen molar-refractivity contribution in [3.05, 3.63) is 0 Å². The molecule has 0 spiro atoms. The molecule has 0 atom stereocenters. The van der Waals surface area contributed by atoms with Crippen LogP contribution in [0, 0.1) is 115 Å². The Morgan fingerprint density at radius 2 is 0.400 bits per heavy atom. The van der Waals surface area contributed by atoms with E-state index in [0.29, 0.717) is 0 Å². The maximum absolute atomic E-state index is 0. The van der Waals surface area contributed by atoms with E-state index in [1.54, 1.807) is 0 Å². The fourth-order valence-corrected chi connectivity index (χ4v) is 0. The summed E-state index contributed by atoms with van der Waals surface area (Å²) in [5, 5.41) is 0. The Kier molecular flexibility index (Phi) is 151. The van der Waals surface area contributed by atoms with Gasteiger partial charge in [-0.15, -0.1) is 0 Å². The standard InChI is InChI=1S/2Al.3Dy.6H. The quantitative estimate of drug-likeness (QED) is 0.298. The smallest absolute Gasteiger partial charge is 0 e. The molecule has 0 radical (unpaired) electrons. The molecular formula is H6Al2Dy3. The van der Waals surface area contributed by atoms with E-state index in [4.69, 9.17) is 0 Å². The Labute approximate surface area is 145 Å². The Morgan fingerprint density at radius 1 is 0.400 bits per heavy atom. The zero-order valence-electron chi connectivity index (χ0n) is 0.949. The van der Waals surface area contributed by atoms with Crippen LogP contribution in [0.5, 0.6) is 0 Å². The van der Waals surface area contributed by atoms with Crippen molar-refractivity contribution in [2.75, 3.05) is 0 Å². The van der Waals surface area contributed by atoms with Crippen LogP contribution < -0.4 is 0 Å². The topological polar surface area (TPSA) is 0 Å². The van der Waals surface area contributed by atoms with E-state index in [9.17, 15) is 0 Å². The van der Waals surface area contributed by atoms with E-state index < -0.39 is 0 Å². The third kappa shape index (κ3) is 17.6. The predicted molar refractivity (Wildman–Crippen MR) is 19.9 cm³/mol. The van der Waals surface area contributed by atoms with E-state index >= 15 is 0 Å². The monoisotopic (exact) mass is 552 g/mol. The Hall–Kier alpha value is 4.88. The summed E-state index contributed by atoms with van der Waals surface area (Å²) in [6, 6.07) is 0. The van der Waals surface area contributed by atoms with Gasteiger partial charge in [-0.25, -0.2) is 0 Å². The van der Waals surface area contributed by atoms with Gasteiger partial charge in [0.2, 0.25) is 0 Å². The first kappa shape index (κ1) is 32.7. The van der Waals surface area contributed by atoms with Crippen molar-refractivity contribution in [1.29, 1.82) is 0 Å². The summed E-state index contributed by atoms with van der Waals surface area (Å²) in [4.78, 5) is 0. The van der Waals surface area contributed by atoms with E-state index in [-0.39, 0.29) is 149 Å². The molecule has 0 aromatic carbocycles. The summed E-state index contributed by atoms with van der Waals surface area (Å²) in [5.74, 6) is 0. The molecular weight excluding hydrogens is 541 g/mol. The van der Waals surface area contributed by atoms with Crippen molar-refractivity contribution in [3.8, 4) is 0 Å². The number of rotatable bonds is 0. The summed E-state index contributed by atoms with van der Waals surface area (Å²) in [5.41, 5.74) is 0. The molecule has 0 amide bonds. The molecule has 5 heteroatoms. The van der Waals surface area contributed by atoms with E-state index in [1.165, 1.54) is 0 Å². The third-order valence-electron chi connectivity index (χ3n) is 0. The molecule has 0 aliphatic heterocycles. The average molecular weight is 548 g/mol. The van der Waals surface area contributed by atoms with Crippen molar-refractivity contribution in [1.82, 2.24) is 0 Å². The van der Waals surface area contributed by atoms with Crippen molar-refractivity contribution >= 4 is 34.7 Å². The maximum Gasteiger partial charge on any atom is 0.187 e. The van der Waals surface area contributed by atoms with Crippen molar-refractivity contribution in [2.45, 2.75) is 0 Å². The predicted octanol–water partition coefficient (Wildman–Crippen LogP) is -2.37. The molecule has 0 saturated carbocycles. The normalized spacial score (nSPS) is 0. The molecule has 0 aromatic rings. The van der Waals surface area contributed by atoms with Crippen LogP contribution in [0.3, 0.4) is 0 Å². The SMILES string of the molecule is [AlH3].[AlH3].[Dy].[Dy].[Dy]. The van der Waals surface area contributed by atoms with Crippen molar-refractivity contribution < 1.29 is 115 Å². The van der Waals surface area contributed by atoms with Crippen LogP contribution in [0.15, 0.2) is 0 Å². The van der Waals surface area contributed by atoms with Crippen LogP contribution in [0.4, 0.5) is 0 Å². The summed E-state index contributed by atoms with van der Waals surface area (Å²) >= 11 is 0. The largest absolute Gasteiger partial charge is 0.187 e. The fourth-order valence-electron chi connectivity index (χ4n) is 0. The van der Waals surface area contributed by atoms with Gasteiger partial charge in [0.25, 0.3) is 0 Å². The summed E-state index contributed by atoms with van der Waals surface area (Å²) in [6.45, 7) is 0. The van der Waals surface area contributed by atoms with Gasteiger partial charge in [0.15, 0.2) is 34.7 Å². The van der Waals surface area contributed by atoms with E-state index in [0.717, 1.165) is 0 Å². The van der Waals surface area contributed by atoms with Gasteiger partial charge >= 0.3 is 0 Å². The Bertz CT molecular complexity index is 4.85. The molecule has 5 heavy (non-hydrogen) atoms. The second-order valence-corrected chi connectivity index (χ2v) is 0.